The highest BCUT2D eigenvalue weighted by Gasteiger charge is 2.30. The molecule has 2 aromatic rings. The van der Waals surface area contributed by atoms with Crippen molar-refractivity contribution in [2.24, 2.45) is 0 Å². The number of ether oxygens (including phenoxy) is 2. The second-order valence-corrected chi connectivity index (χ2v) is 7.93. The Hall–Kier alpha value is -3.07. The normalized spacial score (nSPS) is 15.5. The number of hydrogen-bond donors (Lipinski definition) is 3. The molecule has 9 heteroatoms. The molecule has 3 rings (SSSR count). The third-order valence-electron chi connectivity index (χ3n) is 4.32. The lowest BCUT2D eigenvalue weighted by Crippen LogP contribution is -2.56. The lowest BCUT2D eigenvalue weighted by Gasteiger charge is -2.37. The Labute approximate surface area is 168 Å². The Kier molecular flexibility index (Phi) is 5.78. The highest BCUT2D eigenvalue weighted by molar-refractivity contribution is 5.92. The van der Waals surface area contributed by atoms with Gasteiger partial charge in [-0.25, -0.2) is 14.6 Å². The molecule has 9 nitrogen and oxygen atoms in total. The van der Waals surface area contributed by atoms with Gasteiger partial charge in [-0.1, -0.05) is 0 Å². The number of pyridine rings is 1. The van der Waals surface area contributed by atoms with Crippen LogP contribution in [-0.2, 0) is 9.53 Å². The van der Waals surface area contributed by atoms with Crippen LogP contribution in [0.3, 0.4) is 0 Å². The number of nitrogens with one attached hydrogen (secondary N) is 1. The molecule has 1 aliphatic rings. The van der Waals surface area contributed by atoms with Crippen molar-refractivity contribution in [1.82, 2.24) is 9.88 Å². The minimum absolute atomic E-state index is 0.0177. The molecule has 1 amide bonds. The molecule has 1 aromatic heterocycles. The molecule has 156 valence electrons. The number of anilines is 1. The van der Waals surface area contributed by atoms with Crippen LogP contribution in [0.2, 0.25) is 0 Å². The molecule has 1 fully saturated rings. The van der Waals surface area contributed by atoms with Gasteiger partial charge in [0.1, 0.15) is 23.8 Å². The molecule has 29 heavy (non-hydrogen) atoms. The van der Waals surface area contributed by atoms with Gasteiger partial charge in [-0.3, -0.25) is 0 Å². The predicted octanol–water partition coefficient (Wildman–Crippen LogP) is 2.09. The second kappa shape index (κ2) is 8.12. The number of rotatable bonds is 6. The summed E-state index contributed by atoms with van der Waals surface area (Å²) in [6.07, 6.45) is -0.655. The fraction of sp³-hybridized carbons (Fsp3) is 0.450. The maximum atomic E-state index is 11.8. The first-order chi connectivity index (χ1) is 13.6. The number of aliphatic hydroxyl groups excluding tert-OH is 1. The summed E-state index contributed by atoms with van der Waals surface area (Å²) in [5.41, 5.74) is -0.681. The number of aliphatic hydroxyl groups is 1. The summed E-state index contributed by atoms with van der Waals surface area (Å²) in [7, 11) is 0. The van der Waals surface area contributed by atoms with E-state index in [2.05, 4.69) is 10.3 Å². The van der Waals surface area contributed by atoms with E-state index in [1.165, 1.54) is 4.90 Å². The van der Waals surface area contributed by atoms with E-state index in [4.69, 9.17) is 14.6 Å². The van der Waals surface area contributed by atoms with E-state index >= 15 is 0 Å². The van der Waals surface area contributed by atoms with Crippen molar-refractivity contribution < 1.29 is 29.3 Å². The molecule has 1 saturated heterocycles. The van der Waals surface area contributed by atoms with Gasteiger partial charge in [0.25, 0.3) is 0 Å². The van der Waals surface area contributed by atoms with Gasteiger partial charge in [-0.2, -0.15) is 0 Å². The first-order valence-electron chi connectivity index (χ1n) is 9.29. The van der Waals surface area contributed by atoms with Gasteiger partial charge in [0.2, 0.25) is 0 Å². The van der Waals surface area contributed by atoms with E-state index in [0.29, 0.717) is 24.7 Å². The number of carbonyl (C=O) groups is 2. The van der Waals surface area contributed by atoms with E-state index < -0.39 is 23.8 Å². The van der Waals surface area contributed by atoms with Crippen LogP contribution >= 0.6 is 0 Å². The number of nitrogens with zero attached hydrogens (tertiary/aromatic N) is 2. The average molecular weight is 403 g/mol. The monoisotopic (exact) mass is 403 g/mol. The largest absolute Gasteiger partial charge is 0.490 e. The quantitative estimate of drug-likeness (QED) is 0.627. The number of hydrogen-bond acceptors (Lipinski definition) is 7. The molecule has 1 atom stereocenters. The average Bonchev–Trinajstić information content (AvgIpc) is 2.60. The van der Waals surface area contributed by atoms with Gasteiger partial charge in [0.05, 0.1) is 6.04 Å². The number of carboxylic acid groups (broad SMARTS) is 1. The fourth-order valence-electron chi connectivity index (χ4n) is 2.89. The van der Waals surface area contributed by atoms with Gasteiger partial charge < -0.3 is 29.9 Å². The Morgan fingerprint density at radius 3 is 2.69 bits per heavy atom. The molecule has 0 unspecified atom stereocenters. The first-order valence-corrected chi connectivity index (χ1v) is 9.29. The maximum Gasteiger partial charge on any atom is 0.407 e. The molecule has 3 N–H and O–H groups in total. The first kappa shape index (κ1) is 20.7. The Morgan fingerprint density at radius 2 is 2.03 bits per heavy atom. The van der Waals surface area contributed by atoms with Crippen LogP contribution in [0.4, 0.5) is 10.6 Å². The molecule has 0 spiro atoms. The van der Waals surface area contributed by atoms with Crippen molar-refractivity contribution in [2.45, 2.75) is 38.5 Å². The molecule has 2 heterocycles. The Balaban J connectivity index is 1.62. The minimum Gasteiger partial charge on any atom is -0.490 e. The van der Waals surface area contributed by atoms with E-state index in [1.54, 1.807) is 39.1 Å². The summed E-state index contributed by atoms with van der Waals surface area (Å²) in [6, 6.07) is 7.18. The van der Waals surface area contributed by atoms with Crippen molar-refractivity contribution in [3.05, 3.63) is 30.5 Å². The van der Waals surface area contributed by atoms with Crippen LogP contribution in [0.1, 0.15) is 20.8 Å². The van der Waals surface area contributed by atoms with Gasteiger partial charge in [-0.15, -0.1) is 0 Å². The summed E-state index contributed by atoms with van der Waals surface area (Å²) in [5, 5.41) is 23.8. The molecular formula is C20H25N3O6. The zero-order valence-corrected chi connectivity index (χ0v) is 16.6. The van der Waals surface area contributed by atoms with Crippen LogP contribution < -0.4 is 10.1 Å². The standard InChI is InChI=1S/C20H25N3O6/c1-20(2,3)29-18(25)16(24)11-28-14-4-5-15-12(8-14)6-7-21-17(15)22-13-9-23(10-13)19(26)27/h4-8,13,16,24H,9-11H2,1-3H3,(H,21,22)(H,26,27)/t16-/m1/s1. The topological polar surface area (TPSA) is 121 Å². The van der Waals surface area contributed by atoms with Crippen molar-refractivity contribution >= 4 is 28.7 Å². The smallest absolute Gasteiger partial charge is 0.407 e. The van der Waals surface area contributed by atoms with Crippen molar-refractivity contribution in [3.8, 4) is 5.75 Å². The highest BCUT2D eigenvalue weighted by atomic mass is 16.6. The van der Waals surface area contributed by atoms with Crippen molar-refractivity contribution in [2.75, 3.05) is 25.0 Å². The summed E-state index contributed by atoms with van der Waals surface area (Å²) in [5.74, 6) is 0.431. The fourth-order valence-corrected chi connectivity index (χ4v) is 2.89. The zero-order valence-electron chi connectivity index (χ0n) is 16.6. The number of fused-ring (bicyclic) bond motifs is 1. The van der Waals surface area contributed by atoms with Gasteiger partial charge in [-0.05, 0) is 50.4 Å². The van der Waals surface area contributed by atoms with Crippen LogP contribution in [0.15, 0.2) is 30.5 Å². The van der Waals surface area contributed by atoms with E-state index in [-0.39, 0.29) is 12.6 Å². The van der Waals surface area contributed by atoms with E-state index in [1.807, 2.05) is 12.1 Å². The van der Waals surface area contributed by atoms with Gasteiger partial charge in [0, 0.05) is 24.7 Å². The van der Waals surface area contributed by atoms with Gasteiger partial charge in [0.15, 0.2) is 6.10 Å². The van der Waals surface area contributed by atoms with Crippen LogP contribution in [-0.4, -0.2) is 69.6 Å². The van der Waals surface area contributed by atoms with Crippen LogP contribution in [0.5, 0.6) is 5.75 Å². The second-order valence-electron chi connectivity index (χ2n) is 7.93. The molecule has 0 bridgehead atoms. The van der Waals surface area contributed by atoms with E-state index in [9.17, 15) is 14.7 Å². The summed E-state index contributed by atoms with van der Waals surface area (Å²) in [6.45, 7) is 5.79. The summed E-state index contributed by atoms with van der Waals surface area (Å²) in [4.78, 5) is 28.4. The van der Waals surface area contributed by atoms with Crippen LogP contribution in [0.25, 0.3) is 10.8 Å². The molecule has 0 aliphatic carbocycles. The SMILES string of the molecule is CC(C)(C)OC(=O)[C@H](O)COc1ccc2c(NC3CN(C(=O)O)C3)nccc2c1. The number of benzene rings is 1. The molecule has 0 saturated carbocycles. The van der Waals surface area contributed by atoms with Crippen LogP contribution in [0, 0.1) is 0 Å². The molecule has 1 aromatic carbocycles. The molecule has 0 radical (unpaired) electrons. The van der Waals surface area contributed by atoms with Crippen molar-refractivity contribution in [1.29, 1.82) is 0 Å². The highest BCUT2D eigenvalue weighted by Crippen LogP contribution is 2.27. The van der Waals surface area contributed by atoms with Gasteiger partial charge >= 0.3 is 12.1 Å². The lowest BCUT2D eigenvalue weighted by molar-refractivity contribution is -0.166. The zero-order chi connectivity index (χ0) is 21.2. The maximum absolute atomic E-state index is 11.8. The number of amides is 1. The molecule has 1 aliphatic heterocycles. The van der Waals surface area contributed by atoms with Crippen molar-refractivity contribution in [3.63, 3.8) is 0 Å². The number of aromatic nitrogens is 1. The van der Waals surface area contributed by atoms with E-state index in [0.717, 1.165) is 10.8 Å². The predicted molar refractivity (Wildman–Crippen MR) is 106 cm³/mol. The number of carbonyl (C=O) groups excluding carboxylic acids is 1. The number of esters is 1. The third kappa shape index (κ3) is 5.26. The molecular weight excluding hydrogens is 378 g/mol. The minimum atomic E-state index is -1.38. The lowest BCUT2D eigenvalue weighted by atomic mass is 10.1. The summed E-state index contributed by atoms with van der Waals surface area (Å²) < 4.78 is 10.7. The third-order valence-corrected chi connectivity index (χ3v) is 4.32. The number of likely N-dealkylation sites (tertiary alicyclic amines) is 1. The Bertz CT molecular complexity index is 905. The summed E-state index contributed by atoms with van der Waals surface area (Å²) >= 11 is 0. The Morgan fingerprint density at radius 1 is 1.31 bits per heavy atom.